The number of aromatic nitrogens is 2. The molecule has 0 bridgehead atoms. The number of nitrogens with zero attached hydrogens (tertiary/aromatic N) is 3. The number of aryl methyl sites for hydroxylation is 1. The maximum atomic E-state index is 13.1. The Labute approximate surface area is 128 Å². The van der Waals surface area contributed by atoms with Gasteiger partial charge in [-0.3, -0.25) is 4.68 Å². The molecule has 0 saturated heterocycles. The Kier molecular flexibility index (Phi) is 3.83. The summed E-state index contributed by atoms with van der Waals surface area (Å²) in [7, 11) is 1.36. The lowest BCUT2D eigenvalue weighted by Crippen LogP contribution is -2.31. The highest BCUT2D eigenvalue weighted by Gasteiger charge is 2.28. The molecule has 0 unspecified atom stereocenters. The summed E-state index contributed by atoms with van der Waals surface area (Å²) in [6, 6.07) is 6.40. The van der Waals surface area contributed by atoms with E-state index in [0.717, 1.165) is 36.5 Å². The summed E-state index contributed by atoms with van der Waals surface area (Å²) in [6.45, 7) is 4.10. The second-order valence-corrected chi connectivity index (χ2v) is 5.23. The highest BCUT2D eigenvalue weighted by molar-refractivity contribution is 5.89. The van der Waals surface area contributed by atoms with Gasteiger partial charge in [-0.2, -0.15) is 5.10 Å². The summed E-state index contributed by atoms with van der Waals surface area (Å²) in [6.07, 6.45) is 0.796. The number of carbonyl (C=O) groups is 1. The van der Waals surface area contributed by atoms with E-state index >= 15 is 0 Å². The third kappa shape index (κ3) is 2.45. The first kappa shape index (κ1) is 14.6. The molecule has 0 aliphatic carbocycles. The van der Waals surface area contributed by atoms with Crippen LogP contribution in [0.5, 0.6) is 0 Å². The first-order valence-electron chi connectivity index (χ1n) is 7.31. The molecule has 2 heterocycles. The maximum absolute atomic E-state index is 13.1. The van der Waals surface area contributed by atoms with Gasteiger partial charge in [-0.1, -0.05) is 0 Å². The summed E-state index contributed by atoms with van der Waals surface area (Å²) >= 11 is 0. The molecule has 116 valence electrons. The van der Waals surface area contributed by atoms with E-state index in [9.17, 15) is 9.18 Å². The number of methoxy groups -OCH3 is 1. The number of hydrogen-bond donors (Lipinski definition) is 0. The highest BCUT2D eigenvalue weighted by Crippen LogP contribution is 2.27. The fourth-order valence-corrected chi connectivity index (χ4v) is 2.89. The number of fused-ring (bicyclic) bond motifs is 1. The molecule has 1 aromatic heterocycles. The summed E-state index contributed by atoms with van der Waals surface area (Å²) in [5, 5.41) is 4.38. The zero-order valence-electron chi connectivity index (χ0n) is 12.7. The molecule has 6 heteroatoms. The van der Waals surface area contributed by atoms with E-state index in [1.165, 1.54) is 19.2 Å². The molecule has 0 saturated carbocycles. The predicted octanol–water partition coefficient (Wildman–Crippen LogP) is 2.39. The summed E-state index contributed by atoms with van der Waals surface area (Å²) < 4.78 is 19.8. The van der Waals surface area contributed by atoms with Gasteiger partial charge >= 0.3 is 5.97 Å². The highest BCUT2D eigenvalue weighted by atomic mass is 19.1. The van der Waals surface area contributed by atoms with Crippen LogP contribution in [0.25, 0.3) is 0 Å². The summed E-state index contributed by atoms with van der Waals surface area (Å²) in [5.41, 5.74) is 3.31. The molecule has 0 fully saturated rings. The lowest BCUT2D eigenvalue weighted by Gasteiger charge is -2.29. The topological polar surface area (TPSA) is 47.4 Å². The lowest BCUT2D eigenvalue weighted by molar-refractivity contribution is 0.0591. The van der Waals surface area contributed by atoms with Crippen LogP contribution in [0.2, 0.25) is 0 Å². The largest absolute Gasteiger partial charge is 0.464 e. The molecule has 1 aromatic carbocycles. The normalized spacial score (nSPS) is 13.9. The third-order valence-corrected chi connectivity index (χ3v) is 4.00. The van der Waals surface area contributed by atoms with Crippen molar-refractivity contribution in [1.29, 1.82) is 0 Å². The second-order valence-electron chi connectivity index (χ2n) is 5.23. The van der Waals surface area contributed by atoms with E-state index in [4.69, 9.17) is 4.74 Å². The minimum Gasteiger partial charge on any atom is -0.464 e. The van der Waals surface area contributed by atoms with Gasteiger partial charge in [0.1, 0.15) is 5.82 Å². The molecular formula is C16H18FN3O2. The standard InChI is InChI=1S/C16H18FN3O2/c1-3-20-14-8-9-19(12-6-4-11(17)5-7-12)10-13(14)15(18-20)16(21)22-2/h4-7H,3,8-10H2,1-2H3. The van der Waals surface area contributed by atoms with Gasteiger partial charge in [0.2, 0.25) is 0 Å². The number of rotatable bonds is 3. The summed E-state index contributed by atoms with van der Waals surface area (Å²) in [4.78, 5) is 14.1. The Hall–Kier alpha value is -2.37. The number of hydrogen-bond acceptors (Lipinski definition) is 4. The van der Waals surface area contributed by atoms with Crippen molar-refractivity contribution in [3.63, 3.8) is 0 Å². The number of ether oxygens (including phenoxy) is 1. The fourth-order valence-electron chi connectivity index (χ4n) is 2.89. The van der Waals surface area contributed by atoms with E-state index in [1.807, 2.05) is 11.6 Å². The lowest BCUT2D eigenvalue weighted by atomic mass is 10.0. The zero-order chi connectivity index (χ0) is 15.7. The number of benzene rings is 1. The molecular weight excluding hydrogens is 285 g/mol. The zero-order valence-corrected chi connectivity index (χ0v) is 12.7. The van der Waals surface area contributed by atoms with Crippen LogP contribution in [0.1, 0.15) is 28.7 Å². The van der Waals surface area contributed by atoms with E-state index in [-0.39, 0.29) is 5.82 Å². The van der Waals surface area contributed by atoms with Crippen LogP contribution in [0, 0.1) is 5.82 Å². The molecule has 2 aromatic rings. The first-order valence-corrected chi connectivity index (χ1v) is 7.31. The van der Waals surface area contributed by atoms with Gasteiger partial charge in [0, 0.05) is 43.0 Å². The van der Waals surface area contributed by atoms with Crippen LogP contribution >= 0.6 is 0 Å². The number of carbonyl (C=O) groups excluding carboxylic acids is 1. The summed E-state index contributed by atoms with van der Waals surface area (Å²) in [5.74, 6) is -0.667. The Morgan fingerprint density at radius 3 is 2.73 bits per heavy atom. The molecule has 0 spiro atoms. The predicted molar refractivity (Wildman–Crippen MR) is 80.4 cm³/mol. The van der Waals surface area contributed by atoms with Gasteiger partial charge in [-0.15, -0.1) is 0 Å². The van der Waals surface area contributed by atoms with Crippen molar-refractivity contribution in [3.8, 4) is 0 Å². The second kappa shape index (κ2) is 5.79. The van der Waals surface area contributed by atoms with Crippen molar-refractivity contribution in [3.05, 3.63) is 47.0 Å². The third-order valence-electron chi connectivity index (χ3n) is 4.00. The molecule has 0 amide bonds. The SMILES string of the molecule is CCn1nc(C(=O)OC)c2c1CCN(c1ccc(F)cc1)C2. The average Bonchev–Trinajstić information content (AvgIpc) is 2.92. The molecule has 1 aliphatic rings. The van der Waals surface area contributed by atoms with E-state index in [2.05, 4.69) is 10.00 Å². The number of anilines is 1. The van der Waals surface area contributed by atoms with Crippen molar-refractivity contribution in [2.24, 2.45) is 0 Å². The van der Waals surface area contributed by atoms with Crippen molar-refractivity contribution >= 4 is 11.7 Å². The molecule has 0 N–H and O–H groups in total. The van der Waals surface area contributed by atoms with Gasteiger partial charge in [0.15, 0.2) is 5.69 Å². The van der Waals surface area contributed by atoms with Gasteiger partial charge in [0.25, 0.3) is 0 Å². The van der Waals surface area contributed by atoms with Gasteiger partial charge in [-0.05, 0) is 31.2 Å². The van der Waals surface area contributed by atoms with Crippen molar-refractivity contribution < 1.29 is 13.9 Å². The van der Waals surface area contributed by atoms with Crippen LogP contribution in [0.4, 0.5) is 10.1 Å². The smallest absolute Gasteiger partial charge is 0.358 e. The Morgan fingerprint density at radius 1 is 1.36 bits per heavy atom. The van der Waals surface area contributed by atoms with Crippen LogP contribution < -0.4 is 4.90 Å². The van der Waals surface area contributed by atoms with Crippen LogP contribution in [0.3, 0.4) is 0 Å². The monoisotopic (exact) mass is 303 g/mol. The molecule has 1 aliphatic heterocycles. The quantitative estimate of drug-likeness (QED) is 0.817. The number of esters is 1. The molecule has 3 rings (SSSR count). The average molecular weight is 303 g/mol. The minimum atomic E-state index is -0.413. The number of halogens is 1. The Bertz CT molecular complexity index is 694. The van der Waals surface area contributed by atoms with E-state index in [1.54, 1.807) is 12.1 Å². The van der Waals surface area contributed by atoms with E-state index < -0.39 is 5.97 Å². The van der Waals surface area contributed by atoms with E-state index in [0.29, 0.717) is 12.2 Å². The molecule has 22 heavy (non-hydrogen) atoms. The van der Waals surface area contributed by atoms with Crippen LogP contribution in [-0.4, -0.2) is 29.4 Å². The van der Waals surface area contributed by atoms with Crippen molar-refractivity contribution in [2.45, 2.75) is 26.4 Å². The molecule has 0 atom stereocenters. The maximum Gasteiger partial charge on any atom is 0.358 e. The van der Waals surface area contributed by atoms with Gasteiger partial charge in [-0.25, -0.2) is 9.18 Å². The molecule has 5 nitrogen and oxygen atoms in total. The van der Waals surface area contributed by atoms with Crippen molar-refractivity contribution in [2.75, 3.05) is 18.6 Å². The van der Waals surface area contributed by atoms with Gasteiger partial charge in [0.05, 0.1) is 7.11 Å². The first-order chi connectivity index (χ1) is 10.6. The van der Waals surface area contributed by atoms with Crippen LogP contribution in [-0.2, 0) is 24.2 Å². The van der Waals surface area contributed by atoms with Gasteiger partial charge < -0.3 is 9.64 Å². The Morgan fingerprint density at radius 2 is 2.09 bits per heavy atom. The minimum absolute atomic E-state index is 0.254. The van der Waals surface area contributed by atoms with Crippen LogP contribution in [0.15, 0.2) is 24.3 Å². The fraction of sp³-hybridized carbons (Fsp3) is 0.375. The van der Waals surface area contributed by atoms with Crippen molar-refractivity contribution in [1.82, 2.24) is 9.78 Å². The molecule has 0 radical (unpaired) electrons. The Balaban J connectivity index is 1.95.